The average Bonchev–Trinajstić information content (AvgIpc) is 3.47. The lowest BCUT2D eigenvalue weighted by molar-refractivity contribution is 0.0953. The molecule has 0 unspecified atom stereocenters. The molecule has 1 atom stereocenters. The van der Waals surface area contributed by atoms with Crippen LogP contribution >= 0.6 is 11.6 Å². The minimum Gasteiger partial charge on any atom is -0.376 e. The molecule has 1 aliphatic rings. The minimum absolute atomic E-state index is 0.0330. The van der Waals surface area contributed by atoms with Gasteiger partial charge in [0, 0.05) is 18.1 Å². The van der Waals surface area contributed by atoms with Gasteiger partial charge in [-0.15, -0.1) is 0 Å². The van der Waals surface area contributed by atoms with E-state index in [2.05, 4.69) is 0 Å². The van der Waals surface area contributed by atoms with Crippen LogP contribution in [0.25, 0.3) is 33.2 Å². The molecule has 34 heavy (non-hydrogen) atoms. The average molecular weight is 474 g/mol. The molecule has 0 aliphatic carbocycles. The van der Waals surface area contributed by atoms with Crippen LogP contribution < -0.4 is 5.56 Å². The first-order valence-corrected chi connectivity index (χ1v) is 12.0. The van der Waals surface area contributed by atoms with Gasteiger partial charge in [-0.1, -0.05) is 48.9 Å². The van der Waals surface area contributed by atoms with Crippen molar-refractivity contribution in [1.82, 2.24) is 24.1 Å². The van der Waals surface area contributed by atoms with Crippen LogP contribution in [-0.2, 0) is 24.2 Å². The highest BCUT2D eigenvalue weighted by Crippen LogP contribution is 2.28. The maximum absolute atomic E-state index is 13.9. The van der Waals surface area contributed by atoms with Crippen LogP contribution in [0.2, 0.25) is 5.02 Å². The Hall–Kier alpha value is -3.29. The zero-order chi connectivity index (χ0) is 23.2. The Morgan fingerprint density at radius 1 is 1.00 bits per heavy atom. The van der Waals surface area contributed by atoms with Crippen LogP contribution in [0.4, 0.5) is 0 Å². The monoisotopic (exact) mass is 473 g/mol. The van der Waals surface area contributed by atoms with Gasteiger partial charge in [-0.3, -0.25) is 9.36 Å². The predicted molar refractivity (Wildman–Crippen MR) is 134 cm³/mol. The summed E-state index contributed by atoms with van der Waals surface area (Å²) in [6.45, 7) is 3.71. The van der Waals surface area contributed by atoms with E-state index in [4.69, 9.17) is 31.3 Å². The van der Waals surface area contributed by atoms with Gasteiger partial charge in [0.2, 0.25) is 0 Å². The Balaban J connectivity index is 1.67. The summed E-state index contributed by atoms with van der Waals surface area (Å²) in [5.74, 6) is 0.737. The van der Waals surface area contributed by atoms with Gasteiger partial charge < -0.3 is 9.30 Å². The first kappa shape index (κ1) is 21.3. The fourth-order valence-corrected chi connectivity index (χ4v) is 5.03. The third-order valence-corrected chi connectivity index (χ3v) is 6.91. The molecule has 1 saturated heterocycles. The van der Waals surface area contributed by atoms with Gasteiger partial charge in [0.25, 0.3) is 5.56 Å². The summed E-state index contributed by atoms with van der Waals surface area (Å²) < 4.78 is 9.58. The van der Waals surface area contributed by atoms with E-state index >= 15 is 0 Å². The second-order valence-electron chi connectivity index (χ2n) is 8.69. The lowest BCUT2D eigenvalue weighted by Crippen LogP contribution is -2.30. The summed E-state index contributed by atoms with van der Waals surface area (Å²) in [7, 11) is 0. The first-order valence-electron chi connectivity index (χ1n) is 11.7. The molecule has 0 spiro atoms. The molecule has 3 aromatic heterocycles. The number of para-hydroxylation sites is 2. The van der Waals surface area contributed by atoms with E-state index in [0.717, 1.165) is 41.9 Å². The van der Waals surface area contributed by atoms with Crippen LogP contribution in [0.5, 0.6) is 0 Å². The number of hydrogen-bond donors (Lipinski definition) is 0. The summed E-state index contributed by atoms with van der Waals surface area (Å²) >= 11 is 6.50. The lowest BCUT2D eigenvalue weighted by Gasteiger charge is -2.16. The SMILES string of the molecule is CCc1nc2c(c(=O)n1C[C@H]1CCCO1)c1nc3ccccc3nc1n2Cc1ccccc1Cl. The van der Waals surface area contributed by atoms with E-state index in [1.807, 2.05) is 60.0 Å². The number of fused-ring (bicyclic) bond motifs is 4. The summed E-state index contributed by atoms with van der Waals surface area (Å²) in [5.41, 5.74) is 4.16. The van der Waals surface area contributed by atoms with Crippen LogP contribution in [0, 0.1) is 0 Å². The summed E-state index contributed by atoms with van der Waals surface area (Å²) in [5, 5.41) is 1.16. The molecule has 0 amide bonds. The molecule has 1 fully saturated rings. The number of aromatic nitrogens is 5. The van der Waals surface area contributed by atoms with Crippen molar-refractivity contribution < 1.29 is 4.74 Å². The normalized spacial score (nSPS) is 16.2. The Kier molecular flexibility index (Phi) is 5.31. The van der Waals surface area contributed by atoms with E-state index in [1.54, 1.807) is 4.57 Å². The van der Waals surface area contributed by atoms with Crippen LogP contribution in [0.15, 0.2) is 53.3 Å². The van der Waals surface area contributed by atoms with Crippen LogP contribution in [-0.4, -0.2) is 36.8 Å². The maximum Gasteiger partial charge on any atom is 0.265 e. The van der Waals surface area contributed by atoms with Crippen molar-refractivity contribution in [2.45, 2.75) is 45.4 Å². The second-order valence-corrected chi connectivity index (χ2v) is 9.10. The molecule has 6 rings (SSSR count). The Morgan fingerprint density at radius 3 is 2.50 bits per heavy atom. The molecule has 7 nitrogen and oxygen atoms in total. The van der Waals surface area contributed by atoms with Crippen molar-refractivity contribution in [3.05, 3.63) is 75.3 Å². The number of aryl methyl sites for hydroxylation is 1. The molecule has 5 aromatic rings. The largest absolute Gasteiger partial charge is 0.376 e. The van der Waals surface area contributed by atoms with E-state index < -0.39 is 0 Å². The van der Waals surface area contributed by atoms with Crippen molar-refractivity contribution >= 4 is 44.8 Å². The van der Waals surface area contributed by atoms with E-state index in [0.29, 0.717) is 46.7 Å². The summed E-state index contributed by atoms with van der Waals surface area (Å²) in [4.78, 5) is 28.7. The number of hydrogen-bond acceptors (Lipinski definition) is 5. The van der Waals surface area contributed by atoms with E-state index in [9.17, 15) is 4.79 Å². The smallest absolute Gasteiger partial charge is 0.265 e. The fraction of sp³-hybridized carbons (Fsp3) is 0.308. The zero-order valence-corrected chi connectivity index (χ0v) is 19.6. The van der Waals surface area contributed by atoms with Gasteiger partial charge in [-0.2, -0.15) is 0 Å². The van der Waals surface area contributed by atoms with Gasteiger partial charge in [-0.05, 0) is 36.6 Å². The number of ether oxygens (including phenoxy) is 1. The van der Waals surface area contributed by atoms with Gasteiger partial charge in [0.15, 0.2) is 11.3 Å². The Bertz CT molecular complexity index is 1600. The van der Waals surface area contributed by atoms with Crippen molar-refractivity contribution in [2.24, 2.45) is 0 Å². The van der Waals surface area contributed by atoms with Gasteiger partial charge in [-0.25, -0.2) is 15.0 Å². The van der Waals surface area contributed by atoms with Crippen molar-refractivity contribution in [1.29, 1.82) is 0 Å². The lowest BCUT2D eigenvalue weighted by atomic mass is 10.2. The molecule has 0 radical (unpaired) electrons. The molecule has 172 valence electrons. The Morgan fingerprint density at radius 2 is 1.76 bits per heavy atom. The topological polar surface area (TPSA) is 74.8 Å². The van der Waals surface area contributed by atoms with Crippen molar-refractivity contribution in [3.63, 3.8) is 0 Å². The number of rotatable bonds is 5. The standard InChI is InChI=1S/C26H24ClN5O2/c1-2-21-30-24-22(26(33)31(21)15-17-9-7-13-34-17)23-25(29-20-12-6-5-11-19(20)28-23)32(24)14-16-8-3-4-10-18(16)27/h3-6,8,10-12,17H,2,7,9,13-15H2,1H3/t17-/m1/s1. The molecule has 4 heterocycles. The zero-order valence-electron chi connectivity index (χ0n) is 18.9. The quantitative estimate of drug-likeness (QED) is 0.368. The molecule has 0 saturated carbocycles. The van der Waals surface area contributed by atoms with Gasteiger partial charge in [0.1, 0.15) is 16.7 Å². The third-order valence-electron chi connectivity index (χ3n) is 6.54. The van der Waals surface area contributed by atoms with Crippen molar-refractivity contribution in [2.75, 3.05) is 6.61 Å². The number of halogens is 1. The molecule has 0 bridgehead atoms. The Labute approximate surface area is 201 Å². The van der Waals surface area contributed by atoms with Gasteiger partial charge >= 0.3 is 0 Å². The number of nitrogens with zero attached hydrogens (tertiary/aromatic N) is 5. The predicted octanol–water partition coefficient (Wildman–Crippen LogP) is 4.74. The molecule has 1 aliphatic heterocycles. The maximum atomic E-state index is 13.9. The molecular formula is C26H24ClN5O2. The highest BCUT2D eigenvalue weighted by molar-refractivity contribution is 6.31. The number of benzene rings is 2. The second kappa shape index (κ2) is 8.49. The van der Waals surface area contributed by atoms with Crippen LogP contribution in [0.3, 0.4) is 0 Å². The molecule has 8 heteroatoms. The van der Waals surface area contributed by atoms with E-state index in [1.165, 1.54) is 0 Å². The van der Waals surface area contributed by atoms with Crippen molar-refractivity contribution in [3.8, 4) is 0 Å². The highest BCUT2D eigenvalue weighted by atomic mass is 35.5. The summed E-state index contributed by atoms with van der Waals surface area (Å²) in [6, 6.07) is 15.4. The fourth-order valence-electron chi connectivity index (χ4n) is 4.83. The van der Waals surface area contributed by atoms with Gasteiger partial charge in [0.05, 0.1) is 30.2 Å². The van der Waals surface area contributed by atoms with E-state index in [-0.39, 0.29) is 11.7 Å². The third kappa shape index (κ3) is 3.47. The summed E-state index contributed by atoms with van der Waals surface area (Å²) in [6.07, 6.45) is 2.64. The van der Waals surface area contributed by atoms with Crippen LogP contribution in [0.1, 0.15) is 31.2 Å². The molecular weight excluding hydrogens is 450 g/mol. The first-order chi connectivity index (χ1) is 16.6. The molecule has 0 N–H and O–H groups in total. The minimum atomic E-state index is -0.0927. The highest BCUT2D eigenvalue weighted by Gasteiger charge is 2.24. The molecule has 2 aromatic carbocycles.